The summed E-state index contributed by atoms with van der Waals surface area (Å²) in [7, 11) is -3.87. The van der Waals surface area contributed by atoms with E-state index in [1.165, 1.54) is 53.1 Å². The van der Waals surface area contributed by atoms with E-state index in [1.54, 1.807) is 0 Å². The zero-order chi connectivity index (χ0) is 23.8. The molecule has 1 aromatic heterocycles. The molecule has 1 aliphatic rings. The van der Waals surface area contributed by atoms with E-state index >= 15 is 0 Å². The van der Waals surface area contributed by atoms with Gasteiger partial charge in [-0.3, -0.25) is 9.36 Å². The Morgan fingerprint density at radius 1 is 1.15 bits per heavy atom. The summed E-state index contributed by atoms with van der Waals surface area (Å²) in [5.41, 5.74) is 5.41. The van der Waals surface area contributed by atoms with Crippen molar-refractivity contribution in [2.75, 3.05) is 11.1 Å². The molecule has 0 bridgehead atoms. The number of fused-ring (bicyclic) bond motifs is 1. The number of hydrogen-bond donors (Lipinski definition) is 2. The molecule has 3 N–H and O–H groups in total. The summed E-state index contributed by atoms with van der Waals surface area (Å²) >= 11 is 7.39. The first-order valence-electron chi connectivity index (χ1n) is 10.4. The van der Waals surface area contributed by atoms with Crippen LogP contribution in [0.5, 0.6) is 0 Å². The number of benzene rings is 2. The van der Waals surface area contributed by atoms with Crippen LogP contribution < -0.4 is 10.5 Å². The van der Waals surface area contributed by atoms with E-state index in [4.69, 9.17) is 16.7 Å². The van der Waals surface area contributed by atoms with Gasteiger partial charge in [-0.1, -0.05) is 29.4 Å². The molecule has 0 saturated heterocycles. The number of amides is 1. The number of carbonyl (C=O) groups is 1. The Hall–Kier alpha value is -2.40. The monoisotopic (exact) mass is 505 g/mol. The van der Waals surface area contributed by atoms with Gasteiger partial charge in [0.15, 0.2) is 5.16 Å². The number of anilines is 1. The summed E-state index contributed by atoms with van der Waals surface area (Å²) in [4.78, 5) is 12.4. The molecule has 0 atom stereocenters. The van der Waals surface area contributed by atoms with Crippen LogP contribution in [0, 0.1) is 13.8 Å². The molecule has 1 heterocycles. The highest BCUT2D eigenvalue weighted by Crippen LogP contribution is 2.32. The van der Waals surface area contributed by atoms with Gasteiger partial charge in [0.1, 0.15) is 5.82 Å². The number of nitrogens with one attached hydrogen (secondary N) is 1. The minimum atomic E-state index is -3.87. The summed E-state index contributed by atoms with van der Waals surface area (Å²) < 4.78 is 24.9. The fraction of sp³-hybridized carbons (Fsp3) is 0.318. The van der Waals surface area contributed by atoms with E-state index in [9.17, 15) is 13.2 Å². The van der Waals surface area contributed by atoms with Crippen molar-refractivity contribution in [3.63, 3.8) is 0 Å². The Morgan fingerprint density at radius 2 is 1.88 bits per heavy atom. The normalized spacial score (nSPS) is 13.6. The van der Waals surface area contributed by atoms with Crippen LogP contribution in [0.15, 0.2) is 40.4 Å². The topological polar surface area (TPSA) is 120 Å². The number of halogens is 1. The lowest BCUT2D eigenvalue weighted by Gasteiger charge is -2.23. The number of carbonyl (C=O) groups excluding carboxylic acids is 1. The van der Waals surface area contributed by atoms with Gasteiger partial charge in [0.05, 0.1) is 27.0 Å². The van der Waals surface area contributed by atoms with Crippen molar-refractivity contribution in [3.05, 3.63) is 57.9 Å². The number of nitrogens with two attached hydrogens (primary N) is 1. The van der Waals surface area contributed by atoms with Gasteiger partial charge in [-0.25, -0.2) is 13.6 Å². The highest BCUT2D eigenvalue weighted by atomic mass is 35.5. The van der Waals surface area contributed by atoms with Gasteiger partial charge >= 0.3 is 0 Å². The number of primary sulfonamides is 1. The molecule has 0 aliphatic heterocycles. The van der Waals surface area contributed by atoms with E-state index < -0.39 is 10.0 Å². The maximum atomic E-state index is 12.6. The Balaban J connectivity index is 1.52. The second-order valence-electron chi connectivity index (χ2n) is 7.95. The maximum Gasteiger partial charge on any atom is 0.238 e. The number of hydrogen-bond acceptors (Lipinski definition) is 6. The van der Waals surface area contributed by atoms with E-state index in [-0.39, 0.29) is 21.6 Å². The predicted octanol–water partition coefficient (Wildman–Crippen LogP) is 3.79. The lowest BCUT2D eigenvalue weighted by molar-refractivity contribution is -0.113. The fourth-order valence-corrected chi connectivity index (χ4v) is 5.66. The molecule has 0 unspecified atom stereocenters. The van der Waals surface area contributed by atoms with E-state index in [1.807, 2.05) is 11.5 Å². The molecule has 8 nitrogen and oxygen atoms in total. The highest BCUT2D eigenvalue weighted by molar-refractivity contribution is 7.99. The van der Waals surface area contributed by atoms with Gasteiger partial charge in [0.25, 0.3) is 0 Å². The molecule has 1 aliphatic carbocycles. The number of aromatic nitrogens is 3. The quantitative estimate of drug-likeness (QED) is 0.492. The van der Waals surface area contributed by atoms with E-state index in [0.29, 0.717) is 10.8 Å². The summed E-state index contributed by atoms with van der Waals surface area (Å²) in [6.45, 7) is 4.05. The molecule has 0 saturated carbocycles. The molecule has 11 heteroatoms. The third-order valence-corrected chi connectivity index (χ3v) is 7.81. The summed E-state index contributed by atoms with van der Waals surface area (Å²) in [6, 6.07) is 8.15. The van der Waals surface area contributed by atoms with Crippen molar-refractivity contribution in [1.29, 1.82) is 0 Å². The molecule has 33 heavy (non-hydrogen) atoms. The average molecular weight is 506 g/mol. The largest absolute Gasteiger partial charge is 0.324 e. The van der Waals surface area contributed by atoms with Crippen molar-refractivity contribution in [3.8, 4) is 5.69 Å². The molecular weight excluding hydrogens is 482 g/mol. The molecule has 174 valence electrons. The first-order valence-corrected chi connectivity index (χ1v) is 13.3. The number of nitrogens with zero attached hydrogens (tertiary/aromatic N) is 3. The Bertz CT molecular complexity index is 1340. The molecule has 2 aromatic carbocycles. The number of aryl methyl sites for hydroxylation is 2. The fourth-order valence-electron chi connectivity index (χ4n) is 4.04. The molecular formula is C22H24ClN5O3S2. The van der Waals surface area contributed by atoms with Gasteiger partial charge in [-0.15, -0.1) is 10.2 Å². The lowest BCUT2D eigenvalue weighted by Crippen LogP contribution is -2.16. The zero-order valence-electron chi connectivity index (χ0n) is 18.3. The molecule has 0 fully saturated rings. The Kier molecular flexibility index (Phi) is 6.81. The summed E-state index contributed by atoms with van der Waals surface area (Å²) in [6.07, 6.45) is 4.44. The van der Waals surface area contributed by atoms with E-state index in [0.717, 1.165) is 30.8 Å². The smallest absolute Gasteiger partial charge is 0.238 e. The van der Waals surface area contributed by atoms with Crippen LogP contribution in [-0.4, -0.2) is 34.8 Å². The lowest BCUT2D eigenvalue weighted by atomic mass is 9.87. The SMILES string of the molecule is Cc1ccc(-n2c(C)nnc2SCC(=O)Nc2ccc(S(N)(=O)=O)cc2Cl)c2c1CCCC2. The third-order valence-electron chi connectivity index (χ3n) is 5.66. The molecule has 1 amide bonds. The van der Waals surface area contributed by atoms with Gasteiger partial charge in [-0.05, 0) is 80.5 Å². The number of sulfonamides is 1. The second-order valence-corrected chi connectivity index (χ2v) is 10.9. The Labute approximate surface area is 202 Å². The highest BCUT2D eigenvalue weighted by Gasteiger charge is 2.21. The standard InChI is InChI=1S/C22H24ClN5O3S2/c1-13-7-10-20(17-6-4-3-5-16(13)17)28-14(2)26-27-22(28)32-12-21(29)25-19-9-8-15(11-18(19)23)33(24,30)31/h7-11H,3-6,12H2,1-2H3,(H,25,29)(H2,24,30,31). The van der Waals surface area contributed by atoms with Gasteiger partial charge in [0, 0.05) is 0 Å². The molecule has 0 spiro atoms. The average Bonchev–Trinajstić information content (AvgIpc) is 3.14. The maximum absolute atomic E-state index is 12.6. The zero-order valence-corrected chi connectivity index (χ0v) is 20.6. The molecule has 4 rings (SSSR count). The third kappa shape index (κ3) is 5.08. The van der Waals surface area contributed by atoms with Crippen LogP contribution in [0.4, 0.5) is 5.69 Å². The van der Waals surface area contributed by atoms with Crippen molar-refractivity contribution in [2.24, 2.45) is 5.14 Å². The van der Waals surface area contributed by atoms with Crippen LogP contribution in [0.2, 0.25) is 5.02 Å². The van der Waals surface area contributed by atoms with Crippen molar-refractivity contribution >= 4 is 45.0 Å². The van der Waals surface area contributed by atoms with Crippen LogP contribution >= 0.6 is 23.4 Å². The first-order chi connectivity index (χ1) is 15.6. The van der Waals surface area contributed by atoms with Crippen LogP contribution in [0.25, 0.3) is 5.69 Å². The first kappa shape index (κ1) is 23.7. The number of rotatable bonds is 6. The molecule has 0 radical (unpaired) electrons. The van der Waals surface area contributed by atoms with Gasteiger partial charge < -0.3 is 5.32 Å². The van der Waals surface area contributed by atoms with Crippen molar-refractivity contribution in [1.82, 2.24) is 14.8 Å². The number of thioether (sulfide) groups is 1. The van der Waals surface area contributed by atoms with E-state index in [2.05, 4.69) is 34.6 Å². The van der Waals surface area contributed by atoms with Gasteiger partial charge in [0.2, 0.25) is 15.9 Å². The Morgan fingerprint density at radius 3 is 2.58 bits per heavy atom. The summed E-state index contributed by atoms with van der Waals surface area (Å²) in [5, 5.41) is 17.1. The second kappa shape index (κ2) is 9.46. The van der Waals surface area contributed by atoms with Crippen molar-refractivity contribution < 1.29 is 13.2 Å². The minimum Gasteiger partial charge on any atom is -0.324 e. The minimum absolute atomic E-state index is 0.0828. The predicted molar refractivity (Wildman–Crippen MR) is 130 cm³/mol. The van der Waals surface area contributed by atoms with Gasteiger partial charge in [-0.2, -0.15) is 0 Å². The van der Waals surface area contributed by atoms with Crippen LogP contribution in [0.3, 0.4) is 0 Å². The summed E-state index contributed by atoms with van der Waals surface area (Å²) in [5.74, 6) is 0.541. The van der Waals surface area contributed by atoms with Crippen molar-refractivity contribution in [2.45, 2.75) is 49.6 Å². The van der Waals surface area contributed by atoms with Crippen LogP contribution in [-0.2, 0) is 27.7 Å². The van der Waals surface area contributed by atoms with Crippen LogP contribution in [0.1, 0.15) is 35.4 Å². The molecule has 3 aromatic rings.